The number of hydrogen-bond donors (Lipinski definition) is 1. The molecule has 1 aliphatic rings. The molecule has 0 heterocycles. The van der Waals surface area contributed by atoms with Crippen molar-refractivity contribution < 1.29 is 18.7 Å². The van der Waals surface area contributed by atoms with E-state index < -0.39 is 11.8 Å². The first-order chi connectivity index (χ1) is 6.98. The first kappa shape index (κ1) is 10.1. The maximum atomic E-state index is 12.5. The lowest BCUT2D eigenvalue weighted by Crippen LogP contribution is -2.39. The monoisotopic (exact) mass is 212 g/mol. The number of ketones is 1. The Labute approximate surface area is 85.5 Å². The van der Waals surface area contributed by atoms with Crippen LogP contribution >= 0.6 is 0 Å². The molecule has 4 heteroatoms. The Kier molecular flexibility index (Phi) is 2.21. The molecule has 1 aromatic carbocycles. The van der Waals surface area contributed by atoms with E-state index in [4.69, 9.17) is 5.11 Å². The Bertz CT molecular complexity index is 376. The van der Waals surface area contributed by atoms with Crippen molar-refractivity contribution in [2.45, 2.75) is 18.8 Å². The number of rotatable bonds is 2. The molecule has 1 saturated carbocycles. The molecule has 0 radical (unpaired) electrons. The Morgan fingerprint density at radius 2 is 1.80 bits per heavy atom. The largest absolute Gasteiger partial charge is 0.508 e. The first-order valence-electron chi connectivity index (χ1n) is 4.69. The van der Waals surface area contributed by atoms with E-state index >= 15 is 0 Å². The third kappa shape index (κ3) is 1.98. The molecule has 0 aliphatic heterocycles. The summed E-state index contributed by atoms with van der Waals surface area (Å²) >= 11 is 0. The Balaban J connectivity index is 2.07. The number of carbonyl (C=O) groups excluding carboxylic acids is 1. The van der Waals surface area contributed by atoms with Gasteiger partial charge in [-0.15, -0.1) is 0 Å². The van der Waals surface area contributed by atoms with Gasteiger partial charge in [0.25, 0.3) is 0 Å². The van der Waals surface area contributed by atoms with Crippen LogP contribution in [-0.2, 0) is 0 Å². The van der Waals surface area contributed by atoms with Crippen molar-refractivity contribution in [2.75, 3.05) is 0 Å². The molecule has 0 bridgehead atoms. The van der Waals surface area contributed by atoms with Gasteiger partial charge in [-0.05, 0) is 24.3 Å². The fourth-order valence-corrected chi connectivity index (χ4v) is 1.71. The van der Waals surface area contributed by atoms with Crippen molar-refractivity contribution in [3.8, 4) is 5.75 Å². The van der Waals surface area contributed by atoms with Crippen LogP contribution in [-0.4, -0.2) is 16.8 Å². The average molecular weight is 212 g/mol. The lowest BCUT2D eigenvalue weighted by atomic mass is 9.77. The minimum Gasteiger partial charge on any atom is -0.508 e. The van der Waals surface area contributed by atoms with Gasteiger partial charge in [-0.1, -0.05) is 0 Å². The topological polar surface area (TPSA) is 37.3 Å². The lowest BCUT2D eigenvalue weighted by molar-refractivity contribution is -0.0982. The van der Waals surface area contributed by atoms with Crippen molar-refractivity contribution in [3.05, 3.63) is 29.8 Å². The van der Waals surface area contributed by atoms with Crippen LogP contribution in [0.15, 0.2) is 24.3 Å². The molecular weight excluding hydrogens is 202 g/mol. The maximum Gasteiger partial charge on any atom is 0.249 e. The third-order valence-electron chi connectivity index (χ3n) is 2.61. The predicted octanol–water partition coefficient (Wildman–Crippen LogP) is 2.62. The highest BCUT2D eigenvalue weighted by atomic mass is 19.3. The number of phenols is 1. The van der Waals surface area contributed by atoms with Gasteiger partial charge in [0.2, 0.25) is 5.92 Å². The molecule has 2 rings (SSSR count). The molecule has 0 atom stereocenters. The zero-order valence-corrected chi connectivity index (χ0v) is 7.91. The van der Waals surface area contributed by atoms with Crippen LogP contribution in [0.2, 0.25) is 0 Å². The van der Waals surface area contributed by atoms with Crippen LogP contribution in [0.3, 0.4) is 0 Å². The van der Waals surface area contributed by atoms with E-state index in [0.717, 1.165) is 0 Å². The SMILES string of the molecule is O=C(c1ccc(O)cc1)C1CC(F)(F)C1. The molecule has 0 unspecified atom stereocenters. The van der Waals surface area contributed by atoms with Crippen molar-refractivity contribution in [3.63, 3.8) is 0 Å². The van der Waals surface area contributed by atoms with Gasteiger partial charge in [0, 0.05) is 24.3 Å². The van der Waals surface area contributed by atoms with Crippen LogP contribution < -0.4 is 0 Å². The van der Waals surface area contributed by atoms with E-state index in [1.807, 2.05) is 0 Å². The summed E-state index contributed by atoms with van der Waals surface area (Å²) < 4.78 is 25.1. The smallest absolute Gasteiger partial charge is 0.249 e. The Hall–Kier alpha value is -1.45. The van der Waals surface area contributed by atoms with E-state index in [2.05, 4.69) is 0 Å². The zero-order chi connectivity index (χ0) is 11.1. The van der Waals surface area contributed by atoms with Gasteiger partial charge in [-0.3, -0.25) is 4.79 Å². The van der Waals surface area contributed by atoms with Crippen molar-refractivity contribution in [2.24, 2.45) is 5.92 Å². The van der Waals surface area contributed by atoms with Crippen molar-refractivity contribution in [1.82, 2.24) is 0 Å². The molecule has 1 aromatic rings. The fourth-order valence-electron chi connectivity index (χ4n) is 1.71. The number of benzene rings is 1. The summed E-state index contributed by atoms with van der Waals surface area (Å²) in [5.41, 5.74) is 0.383. The fraction of sp³-hybridized carbons (Fsp3) is 0.364. The second-order valence-electron chi connectivity index (χ2n) is 3.87. The molecule has 0 spiro atoms. The molecule has 15 heavy (non-hydrogen) atoms. The number of halogens is 2. The normalized spacial score (nSPS) is 19.6. The third-order valence-corrected chi connectivity index (χ3v) is 2.61. The summed E-state index contributed by atoms with van der Waals surface area (Å²) in [6, 6.07) is 5.66. The van der Waals surface area contributed by atoms with Gasteiger partial charge in [0.05, 0.1) is 0 Å². The van der Waals surface area contributed by atoms with Crippen molar-refractivity contribution in [1.29, 1.82) is 0 Å². The molecular formula is C11H10F2O2. The van der Waals surface area contributed by atoms with E-state index in [0.29, 0.717) is 5.56 Å². The molecule has 80 valence electrons. The molecule has 1 fully saturated rings. The Morgan fingerprint density at radius 1 is 1.27 bits per heavy atom. The maximum absolute atomic E-state index is 12.5. The van der Waals surface area contributed by atoms with Crippen LogP contribution in [0.4, 0.5) is 8.78 Å². The number of Topliss-reactive ketones (excluding diaryl/α,β-unsaturated/α-hetero) is 1. The van der Waals surface area contributed by atoms with Gasteiger partial charge in [-0.2, -0.15) is 0 Å². The standard InChI is InChI=1S/C11H10F2O2/c12-11(13)5-8(6-11)10(15)7-1-3-9(14)4-2-7/h1-4,8,14H,5-6H2. The highest BCUT2D eigenvalue weighted by Gasteiger charge is 2.48. The van der Waals surface area contributed by atoms with Crippen LogP contribution in [0.25, 0.3) is 0 Å². The van der Waals surface area contributed by atoms with E-state index in [-0.39, 0.29) is 24.4 Å². The number of aromatic hydroxyl groups is 1. The second-order valence-corrected chi connectivity index (χ2v) is 3.87. The molecule has 0 amide bonds. The minimum absolute atomic E-state index is 0.0606. The van der Waals surface area contributed by atoms with Gasteiger partial charge in [-0.25, -0.2) is 8.78 Å². The highest BCUT2D eigenvalue weighted by Crippen LogP contribution is 2.43. The van der Waals surface area contributed by atoms with Crippen molar-refractivity contribution >= 4 is 5.78 Å². The summed E-state index contributed by atoms with van der Waals surface area (Å²) in [6.45, 7) is 0. The van der Waals surface area contributed by atoms with E-state index in [1.54, 1.807) is 0 Å². The van der Waals surface area contributed by atoms with Crippen LogP contribution in [0.1, 0.15) is 23.2 Å². The Morgan fingerprint density at radius 3 is 2.27 bits per heavy atom. The highest BCUT2D eigenvalue weighted by molar-refractivity contribution is 5.98. The summed E-state index contributed by atoms with van der Waals surface area (Å²) in [5, 5.41) is 9.00. The number of carbonyl (C=O) groups is 1. The summed E-state index contributed by atoms with van der Waals surface area (Å²) in [4.78, 5) is 11.6. The quantitative estimate of drug-likeness (QED) is 0.765. The van der Waals surface area contributed by atoms with Gasteiger partial charge in [0.15, 0.2) is 5.78 Å². The average Bonchev–Trinajstić information content (AvgIpc) is 2.14. The first-order valence-corrected chi connectivity index (χ1v) is 4.69. The van der Waals surface area contributed by atoms with Gasteiger partial charge < -0.3 is 5.11 Å². The summed E-state index contributed by atoms with van der Waals surface area (Å²) in [6.07, 6.45) is -0.709. The molecule has 1 aliphatic carbocycles. The lowest BCUT2D eigenvalue weighted by Gasteiger charge is -2.33. The number of alkyl halides is 2. The van der Waals surface area contributed by atoms with E-state index in [9.17, 15) is 13.6 Å². The van der Waals surface area contributed by atoms with E-state index in [1.165, 1.54) is 24.3 Å². The molecule has 0 saturated heterocycles. The van der Waals surface area contributed by atoms with Crippen LogP contribution in [0, 0.1) is 5.92 Å². The predicted molar refractivity (Wildman–Crippen MR) is 50.1 cm³/mol. The molecule has 1 N–H and O–H groups in total. The zero-order valence-electron chi connectivity index (χ0n) is 7.91. The van der Waals surface area contributed by atoms with Gasteiger partial charge in [0.1, 0.15) is 5.75 Å². The molecule has 2 nitrogen and oxygen atoms in total. The summed E-state index contributed by atoms with van der Waals surface area (Å²) in [7, 11) is 0. The summed E-state index contributed by atoms with van der Waals surface area (Å²) in [5.74, 6) is -3.44. The van der Waals surface area contributed by atoms with Gasteiger partial charge >= 0.3 is 0 Å². The van der Waals surface area contributed by atoms with Crippen LogP contribution in [0.5, 0.6) is 5.75 Å². The minimum atomic E-state index is -2.67. The second kappa shape index (κ2) is 3.29. The number of hydrogen-bond acceptors (Lipinski definition) is 2. The molecule has 0 aromatic heterocycles. The number of phenolic OH excluding ortho intramolecular Hbond substituents is 1.